The minimum absolute atomic E-state index is 0.608. The summed E-state index contributed by atoms with van der Waals surface area (Å²) in [6.07, 6.45) is 6.55. The third-order valence-corrected chi connectivity index (χ3v) is 11.4. The zero-order valence-corrected chi connectivity index (χ0v) is 27.8. The summed E-state index contributed by atoms with van der Waals surface area (Å²) in [7, 11) is 0. The maximum absolute atomic E-state index is 2.54. The molecule has 1 aliphatic carbocycles. The molecule has 8 aromatic rings. The second kappa shape index (κ2) is 12.4. The molecule has 0 radical (unpaired) electrons. The lowest BCUT2D eigenvalue weighted by molar-refractivity contribution is 0.445. The lowest BCUT2D eigenvalue weighted by atomic mass is 9.80. The van der Waals surface area contributed by atoms with Crippen LogP contribution < -0.4 is 4.90 Å². The number of hydrogen-bond donors (Lipinski definition) is 0. The maximum atomic E-state index is 2.54. The van der Waals surface area contributed by atoms with Crippen LogP contribution in [0.3, 0.4) is 0 Å². The molecule has 1 fully saturated rings. The van der Waals surface area contributed by atoms with Crippen molar-refractivity contribution < 1.29 is 0 Å². The minimum Gasteiger partial charge on any atom is -0.309 e. The van der Waals surface area contributed by atoms with Crippen LogP contribution in [0.1, 0.15) is 43.6 Å². The molecular weight excluding hydrogens is 599 g/mol. The Morgan fingerprint density at radius 3 is 1.88 bits per heavy atom. The fraction of sp³-hybridized carbons (Fsp3) is 0.130. The molecule has 7 aromatic carbocycles. The van der Waals surface area contributed by atoms with Gasteiger partial charge in [-0.1, -0.05) is 147 Å². The number of hydrogen-bond acceptors (Lipinski definition) is 2. The first kappa shape index (κ1) is 29.0. The number of benzene rings is 7. The molecule has 1 aromatic heterocycles. The van der Waals surface area contributed by atoms with Crippen molar-refractivity contribution in [3.63, 3.8) is 0 Å². The van der Waals surface area contributed by atoms with Crippen molar-refractivity contribution in [2.45, 2.75) is 38.0 Å². The lowest BCUT2D eigenvalue weighted by Crippen LogP contribution is -2.13. The minimum atomic E-state index is 0.608. The fourth-order valence-corrected chi connectivity index (χ4v) is 9.23. The highest BCUT2D eigenvalue weighted by Gasteiger charge is 2.25. The van der Waals surface area contributed by atoms with E-state index in [0.717, 1.165) is 0 Å². The highest BCUT2D eigenvalue weighted by molar-refractivity contribution is 7.26. The molecule has 9 rings (SSSR count). The first-order valence-corrected chi connectivity index (χ1v) is 18.1. The van der Waals surface area contributed by atoms with Crippen molar-refractivity contribution in [2.75, 3.05) is 4.90 Å². The van der Waals surface area contributed by atoms with E-state index in [0.29, 0.717) is 5.92 Å². The zero-order valence-electron chi connectivity index (χ0n) is 27.0. The summed E-state index contributed by atoms with van der Waals surface area (Å²) in [5.74, 6) is 0.608. The average Bonchev–Trinajstić information content (AvgIpc) is 3.55. The van der Waals surface area contributed by atoms with E-state index in [9.17, 15) is 0 Å². The van der Waals surface area contributed by atoms with Gasteiger partial charge in [0.15, 0.2) is 0 Å². The van der Waals surface area contributed by atoms with Crippen LogP contribution in [0.2, 0.25) is 0 Å². The second-order valence-corrected chi connectivity index (χ2v) is 14.2. The number of fused-ring (bicyclic) bond motifs is 4. The molecule has 1 aliphatic rings. The van der Waals surface area contributed by atoms with Gasteiger partial charge in [0.1, 0.15) is 0 Å². The molecule has 2 heteroatoms. The van der Waals surface area contributed by atoms with Gasteiger partial charge in [-0.15, -0.1) is 11.3 Å². The van der Waals surface area contributed by atoms with Crippen LogP contribution in [0.4, 0.5) is 17.1 Å². The molecule has 0 amide bonds. The van der Waals surface area contributed by atoms with Crippen LogP contribution in [-0.2, 0) is 0 Å². The van der Waals surface area contributed by atoms with Gasteiger partial charge in [-0.05, 0) is 76.6 Å². The maximum Gasteiger partial charge on any atom is 0.0555 e. The standard InChI is InChI=1S/C46H37NS/c1-3-16-32(17-4-1)35-22-7-10-27-40(35)47(42-29-15-31-44-46(42)39-24-9-12-30-43(39)48-44)41-28-11-8-23-37(41)38-26-14-21-34-20-13-25-36(45(34)38)33-18-5-2-6-19-33/h1,3-4,7-17,20-31,33H,2,5-6,18-19H2. The summed E-state index contributed by atoms with van der Waals surface area (Å²) in [6.45, 7) is 0. The highest BCUT2D eigenvalue weighted by Crippen LogP contribution is 2.50. The largest absolute Gasteiger partial charge is 0.309 e. The summed E-state index contributed by atoms with van der Waals surface area (Å²) >= 11 is 1.88. The fourth-order valence-electron chi connectivity index (χ4n) is 8.11. The number of rotatable bonds is 6. The van der Waals surface area contributed by atoms with Gasteiger partial charge in [-0.2, -0.15) is 0 Å². The van der Waals surface area contributed by atoms with Crippen molar-refractivity contribution in [2.24, 2.45) is 0 Å². The smallest absolute Gasteiger partial charge is 0.0555 e. The van der Waals surface area contributed by atoms with E-state index in [2.05, 4.69) is 163 Å². The Hall–Kier alpha value is -5.18. The first-order valence-electron chi connectivity index (χ1n) is 17.3. The Bertz CT molecular complexity index is 2390. The van der Waals surface area contributed by atoms with E-state index in [4.69, 9.17) is 0 Å². The Kier molecular flexibility index (Phi) is 7.52. The zero-order chi connectivity index (χ0) is 31.9. The Morgan fingerprint density at radius 1 is 0.438 bits per heavy atom. The van der Waals surface area contributed by atoms with Crippen molar-refractivity contribution in [1.29, 1.82) is 0 Å². The molecule has 0 aliphatic heterocycles. The molecular formula is C46H37NS. The van der Waals surface area contributed by atoms with Crippen molar-refractivity contribution in [3.05, 3.63) is 163 Å². The SMILES string of the molecule is c1ccc(-c2ccccc2N(c2ccccc2-c2cccc3cccc(C4CCCCC4)c23)c2cccc3sc4ccccc4c23)cc1. The summed E-state index contributed by atoms with van der Waals surface area (Å²) in [6, 6.07) is 58.4. The van der Waals surface area contributed by atoms with Crippen LogP contribution in [0.5, 0.6) is 0 Å². The van der Waals surface area contributed by atoms with Crippen LogP contribution in [0.15, 0.2) is 158 Å². The average molecular weight is 636 g/mol. The van der Waals surface area contributed by atoms with E-state index < -0.39 is 0 Å². The van der Waals surface area contributed by atoms with Gasteiger partial charge in [0.2, 0.25) is 0 Å². The molecule has 0 N–H and O–H groups in total. The second-order valence-electron chi connectivity index (χ2n) is 13.1. The number of nitrogens with zero attached hydrogens (tertiary/aromatic N) is 1. The van der Waals surface area contributed by atoms with Crippen LogP contribution in [0.25, 0.3) is 53.2 Å². The Morgan fingerprint density at radius 2 is 1.04 bits per heavy atom. The van der Waals surface area contributed by atoms with Crippen LogP contribution >= 0.6 is 11.3 Å². The monoisotopic (exact) mass is 635 g/mol. The van der Waals surface area contributed by atoms with E-state index in [1.807, 2.05) is 11.3 Å². The lowest BCUT2D eigenvalue weighted by Gasteiger charge is -2.31. The summed E-state index contributed by atoms with van der Waals surface area (Å²) in [5.41, 5.74) is 10.1. The van der Waals surface area contributed by atoms with E-state index in [-0.39, 0.29) is 0 Å². The molecule has 232 valence electrons. The topological polar surface area (TPSA) is 3.24 Å². The third-order valence-electron chi connectivity index (χ3n) is 10.3. The summed E-state index contributed by atoms with van der Waals surface area (Å²) in [4.78, 5) is 2.54. The number of anilines is 3. The molecule has 1 nitrogen and oxygen atoms in total. The Balaban J connectivity index is 1.36. The highest BCUT2D eigenvalue weighted by atomic mass is 32.1. The van der Waals surface area contributed by atoms with E-state index in [1.165, 1.54) is 108 Å². The van der Waals surface area contributed by atoms with Gasteiger partial charge < -0.3 is 4.90 Å². The molecule has 0 bridgehead atoms. The molecule has 1 saturated carbocycles. The van der Waals surface area contributed by atoms with Crippen LogP contribution in [-0.4, -0.2) is 0 Å². The number of para-hydroxylation sites is 2. The molecule has 0 atom stereocenters. The van der Waals surface area contributed by atoms with Gasteiger partial charge in [-0.3, -0.25) is 0 Å². The molecule has 0 saturated heterocycles. The van der Waals surface area contributed by atoms with Gasteiger partial charge in [0.25, 0.3) is 0 Å². The predicted octanol–water partition coefficient (Wildman–Crippen LogP) is 14.1. The summed E-state index contributed by atoms with van der Waals surface area (Å²) in [5, 5.41) is 5.34. The van der Waals surface area contributed by atoms with E-state index >= 15 is 0 Å². The van der Waals surface area contributed by atoms with Gasteiger partial charge in [0, 0.05) is 31.3 Å². The van der Waals surface area contributed by atoms with Gasteiger partial charge in [0.05, 0.1) is 17.1 Å². The molecule has 48 heavy (non-hydrogen) atoms. The van der Waals surface area contributed by atoms with Gasteiger partial charge in [-0.25, -0.2) is 0 Å². The quantitative estimate of drug-likeness (QED) is 0.176. The predicted molar refractivity (Wildman–Crippen MR) is 208 cm³/mol. The first-order chi connectivity index (χ1) is 23.8. The van der Waals surface area contributed by atoms with Crippen molar-refractivity contribution in [3.8, 4) is 22.3 Å². The van der Waals surface area contributed by atoms with Crippen LogP contribution in [0, 0.1) is 0 Å². The van der Waals surface area contributed by atoms with Crippen molar-refractivity contribution >= 4 is 59.3 Å². The third kappa shape index (κ3) is 5.00. The number of thiophene rings is 1. The normalized spacial score (nSPS) is 13.8. The molecule has 0 unspecified atom stereocenters. The summed E-state index contributed by atoms with van der Waals surface area (Å²) < 4.78 is 2.62. The molecule has 1 heterocycles. The van der Waals surface area contributed by atoms with Crippen molar-refractivity contribution in [1.82, 2.24) is 0 Å². The Labute approximate surface area is 286 Å². The van der Waals surface area contributed by atoms with E-state index in [1.54, 1.807) is 0 Å². The van der Waals surface area contributed by atoms with Gasteiger partial charge >= 0.3 is 0 Å². The molecule has 0 spiro atoms.